The first-order chi connectivity index (χ1) is 26.3. The van der Waals surface area contributed by atoms with Gasteiger partial charge in [-0.05, 0) is 125 Å². The van der Waals surface area contributed by atoms with Crippen molar-refractivity contribution >= 4 is 60.2 Å². The van der Waals surface area contributed by atoms with Crippen LogP contribution in [0.3, 0.4) is 0 Å². The maximum atomic E-state index is 2.60. The van der Waals surface area contributed by atoms with Gasteiger partial charge in [0.1, 0.15) is 0 Å². The Hall–Kier alpha value is -6.96. The van der Waals surface area contributed by atoms with Gasteiger partial charge in [-0.1, -0.05) is 140 Å². The smallest absolute Gasteiger partial charge is 0.0625 e. The quantitative estimate of drug-likeness (QED) is 0.180. The van der Waals surface area contributed by atoms with Crippen LogP contribution in [0.1, 0.15) is 0 Å². The molecule has 10 aromatic rings. The fraction of sp³-hybridized carbons (Fsp3) is 0. The van der Waals surface area contributed by atoms with E-state index in [-0.39, 0.29) is 0 Å². The molecule has 0 aliphatic heterocycles. The Morgan fingerprint density at radius 3 is 1.09 bits per heavy atom. The van der Waals surface area contributed by atoms with Gasteiger partial charge in [-0.2, -0.15) is 0 Å². The van der Waals surface area contributed by atoms with Crippen molar-refractivity contribution in [2.45, 2.75) is 0 Å². The first kappa shape index (κ1) is 28.7. The van der Waals surface area contributed by atoms with Crippen molar-refractivity contribution < 1.29 is 0 Å². The molecule has 0 unspecified atom stereocenters. The van der Waals surface area contributed by atoms with Gasteiger partial charge in [0, 0.05) is 27.6 Å². The molecular weight excluding hydrogens is 639 g/mol. The summed E-state index contributed by atoms with van der Waals surface area (Å²) in [6, 6.07) is 69.7. The SMILES string of the molecule is c1ccc(-c2ccc(N(c3c4c(cc5ccccc35)-c3cc5ccccc5cc3-4)c3c4c(cc5ccccc35)-c3cc5ccccc5cc3-4)cc2)cc1. The number of rotatable bonds is 4. The monoisotopic (exact) mass is 669 g/mol. The van der Waals surface area contributed by atoms with Gasteiger partial charge in [0.15, 0.2) is 0 Å². The Balaban J connectivity index is 1.20. The lowest BCUT2D eigenvalue weighted by Crippen LogP contribution is -2.18. The van der Waals surface area contributed by atoms with Crippen LogP contribution < -0.4 is 4.90 Å². The Labute approximate surface area is 307 Å². The van der Waals surface area contributed by atoms with Gasteiger partial charge >= 0.3 is 0 Å². The number of hydrogen-bond acceptors (Lipinski definition) is 1. The number of benzene rings is 10. The second kappa shape index (κ2) is 10.8. The van der Waals surface area contributed by atoms with E-state index < -0.39 is 0 Å². The van der Waals surface area contributed by atoms with Gasteiger partial charge in [0.2, 0.25) is 0 Å². The van der Waals surface area contributed by atoms with Crippen LogP contribution >= 0.6 is 0 Å². The molecule has 1 nitrogen and oxygen atoms in total. The number of hydrogen-bond donors (Lipinski definition) is 0. The fourth-order valence-electron chi connectivity index (χ4n) is 9.11. The Kier molecular flexibility index (Phi) is 5.84. The van der Waals surface area contributed by atoms with Crippen LogP contribution in [-0.2, 0) is 0 Å². The van der Waals surface area contributed by atoms with Crippen molar-refractivity contribution in [3.8, 4) is 55.6 Å². The molecule has 53 heavy (non-hydrogen) atoms. The highest BCUT2D eigenvalue weighted by atomic mass is 15.2. The van der Waals surface area contributed by atoms with Crippen LogP contribution in [0.5, 0.6) is 0 Å². The summed E-state index contributed by atoms with van der Waals surface area (Å²) in [4.78, 5) is 2.60. The number of nitrogens with zero attached hydrogens (tertiary/aromatic N) is 1. The molecule has 2 aliphatic carbocycles. The van der Waals surface area contributed by atoms with Gasteiger partial charge in [-0.15, -0.1) is 0 Å². The van der Waals surface area contributed by atoms with Crippen molar-refractivity contribution in [2.75, 3.05) is 4.90 Å². The molecule has 0 spiro atoms. The third kappa shape index (κ3) is 4.08. The lowest BCUT2D eigenvalue weighted by molar-refractivity contribution is 1.30. The molecule has 0 bridgehead atoms. The molecule has 0 radical (unpaired) electrons. The summed E-state index contributed by atoms with van der Waals surface area (Å²) in [6.07, 6.45) is 0. The van der Waals surface area contributed by atoms with Gasteiger partial charge < -0.3 is 4.90 Å². The fourth-order valence-corrected chi connectivity index (χ4v) is 9.11. The van der Waals surface area contributed by atoms with Crippen LogP contribution in [0.25, 0.3) is 98.7 Å². The average molecular weight is 670 g/mol. The normalized spacial score (nSPS) is 12.2. The summed E-state index contributed by atoms with van der Waals surface area (Å²) in [5.41, 5.74) is 16.6. The maximum absolute atomic E-state index is 2.60. The van der Waals surface area contributed by atoms with Crippen molar-refractivity contribution in [1.82, 2.24) is 0 Å². The molecule has 0 amide bonds. The molecular formula is C52H31N. The van der Waals surface area contributed by atoms with Crippen molar-refractivity contribution in [3.63, 3.8) is 0 Å². The minimum Gasteiger partial charge on any atom is -0.308 e. The number of anilines is 3. The van der Waals surface area contributed by atoms with Crippen molar-refractivity contribution in [1.29, 1.82) is 0 Å². The summed E-state index contributed by atoms with van der Waals surface area (Å²) < 4.78 is 0. The zero-order valence-electron chi connectivity index (χ0n) is 28.8. The highest BCUT2D eigenvalue weighted by molar-refractivity contribution is 6.25. The first-order valence-corrected chi connectivity index (χ1v) is 18.4. The van der Waals surface area contributed by atoms with Gasteiger partial charge in [0.05, 0.1) is 11.4 Å². The van der Waals surface area contributed by atoms with E-state index >= 15 is 0 Å². The zero-order chi connectivity index (χ0) is 34.6. The molecule has 1 heteroatoms. The largest absolute Gasteiger partial charge is 0.308 e. The van der Waals surface area contributed by atoms with E-state index in [2.05, 4.69) is 193 Å². The molecule has 2 aliphatic rings. The van der Waals surface area contributed by atoms with E-state index in [0.717, 1.165) is 5.69 Å². The minimum absolute atomic E-state index is 1.14. The molecule has 0 aromatic heterocycles. The second-order valence-electron chi connectivity index (χ2n) is 14.5. The van der Waals surface area contributed by atoms with Gasteiger partial charge in [-0.25, -0.2) is 0 Å². The molecule has 0 saturated heterocycles. The van der Waals surface area contributed by atoms with E-state index in [4.69, 9.17) is 0 Å². The Morgan fingerprint density at radius 1 is 0.264 bits per heavy atom. The van der Waals surface area contributed by atoms with Crippen LogP contribution in [0, 0.1) is 0 Å². The summed E-state index contributed by atoms with van der Waals surface area (Å²) in [5, 5.41) is 10.1. The molecule has 0 heterocycles. The van der Waals surface area contributed by atoms with Crippen molar-refractivity contribution in [2.24, 2.45) is 0 Å². The molecule has 12 rings (SSSR count). The summed E-state index contributed by atoms with van der Waals surface area (Å²) in [6.45, 7) is 0. The molecule has 0 N–H and O–H groups in total. The van der Waals surface area contributed by atoms with Crippen LogP contribution in [-0.4, -0.2) is 0 Å². The maximum Gasteiger partial charge on any atom is 0.0625 e. The predicted octanol–water partition coefficient (Wildman–Crippen LogP) is 14.7. The van der Waals surface area contributed by atoms with Crippen molar-refractivity contribution in [3.05, 3.63) is 188 Å². The molecule has 0 atom stereocenters. The third-order valence-electron chi connectivity index (χ3n) is 11.6. The van der Waals surface area contributed by atoms with Crippen LogP contribution in [0.4, 0.5) is 17.1 Å². The standard InChI is InChI=1S/C52H31N/c1-2-12-32(13-3-1)33-22-24-40(25-23-33)53(51-41-20-10-8-18-38(41)30-47-43-26-34-14-4-6-16-36(34)28-45(43)49(47)51)52-42-21-11-9-19-39(42)31-48-44-27-35-15-5-7-17-37(35)29-46(44)50(48)52/h1-31H. The topological polar surface area (TPSA) is 3.24 Å². The highest BCUT2D eigenvalue weighted by Crippen LogP contribution is 2.62. The molecule has 0 saturated carbocycles. The lowest BCUT2D eigenvalue weighted by atomic mass is 9.74. The lowest BCUT2D eigenvalue weighted by Gasteiger charge is -2.39. The Morgan fingerprint density at radius 2 is 0.623 bits per heavy atom. The molecule has 0 fully saturated rings. The van der Waals surface area contributed by atoms with E-state index in [1.54, 1.807) is 0 Å². The number of fused-ring (bicyclic) bond motifs is 12. The van der Waals surface area contributed by atoms with E-state index in [0.29, 0.717) is 0 Å². The highest BCUT2D eigenvalue weighted by Gasteiger charge is 2.36. The molecule has 10 aromatic carbocycles. The second-order valence-corrected chi connectivity index (χ2v) is 14.5. The third-order valence-corrected chi connectivity index (χ3v) is 11.6. The summed E-state index contributed by atoms with van der Waals surface area (Å²) >= 11 is 0. The summed E-state index contributed by atoms with van der Waals surface area (Å²) in [7, 11) is 0. The predicted molar refractivity (Wildman–Crippen MR) is 225 cm³/mol. The van der Waals surface area contributed by atoms with Gasteiger partial charge in [0.25, 0.3) is 0 Å². The first-order valence-electron chi connectivity index (χ1n) is 18.4. The van der Waals surface area contributed by atoms with Crippen LogP contribution in [0.2, 0.25) is 0 Å². The van der Waals surface area contributed by atoms with E-state index in [1.807, 2.05) is 0 Å². The summed E-state index contributed by atoms with van der Waals surface area (Å²) in [5.74, 6) is 0. The zero-order valence-corrected chi connectivity index (χ0v) is 28.8. The van der Waals surface area contributed by atoms with Crippen LogP contribution in [0.15, 0.2) is 188 Å². The van der Waals surface area contributed by atoms with E-state index in [1.165, 1.54) is 110 Å². The average Bonchev–Trinajstić information content (AvgIpc) is 3.22. The Bertz CT molecular complexity index is 2980. The van der Waals surface area contributed by atoms with Gasteiger partial charge in [-0.3, -0.25) is 0 Å². The minimum atomic E-state index is 1.14. The molecule has 244 valence electrons. The van der Waals surface area contributed by atoms with E-state index in [9.17, 15) is 0 Å².